The molecule has 0 bridgehead atoms. The number of ether oxygens (including phenoxy) is 3. The summed E-state index contributed by atoms with van der Waals surface area (Å²) < 4.78 is 17.3. The van der Waals surface area contributed by atoms with E-state index in [0.29, 0.717) is 24.5 Å². The number of pyridine rings is 3. The molecule has 24 rings (SSSR count). The Morgan fingerprint density at radius 2 is 0.439 bits per heavy atom. The third-order valence-corrected chi connectivity index (χ3v) is 35.0. The number of aromatic nitrogens is 3. The molecule has 0 aliphatic carbocycles. The fourth-order valence-electron chi connectivity index (χ4n) is 17.7. The molecule has 0 radical (unpaired) electrons. The molecule has 0 spiro atoms. The number of nitrogens with zero attached hydrogens (tertiary/aromatic N) is 12. The molecule has 6 aliphatic heterocycles. The van der Waals surface area contributed by atoms with Gasteiger partial charge in [0.1, 0.15) is 17.5 Å². The molecule has 3 fully saturated rings. The second-order valence-electron chi connectivity index (χ2n) is 34.1. The molecule has 15 aromatic carbocycles. The van der Waals surface area contributed by atoms with Crippen molar-refractivity contribution in [3.05, 3.63) is 558 Å². The van der Waals surface area contributed by atoms with Crippen molar-refractivity contribution >= 4 is 157 Å². The van der Waals surface area contributed by atoms with Crippen LogP contribution < -0.4 is 78.4 Å². The maximum atomic E-state index is 7.13. The third kappa shape index (κ3) is 29.3. The number of fused-ring (bicyclic) bond motifs is 3. The van der Waals surface area contributed by atoms with Gasteiger partial charge in [0.15, 0.2) is 11.4 Å². The van der Waals surface area contributed by atoms with Gasteiger partial charge in [-0.25, -0.2) is 24.6 Å². The molecular weight excluding hydrogens is 2110 g/mol. The van der Waals surface area contributed by atoms with Gasteiger partial charge in [0.2, 0.25) is 0 Å². The molecule has 0 amide bonds. The Morgan fingerprint density at radius 1 is 0.250 bits per heavy atom. The minimum Gasteiger partial charge on any atom is -0.512 e. The predicted octanol–water partition coefficient (Wildman–Crippen LogP) is 22.5. The van der Waals surface area contributed by atoms with Gasteiger partial charge in [0.25, 0.3) is 0 Å². The molecule has 0 N–H and O–H groups in total. The van der Waals surface area contributed by atoms with Crippen molar-refractivity contribution < 1.29 is 54.1 Å². The van der Waals surface area contributed by atoms with Gasteiger partial charge in [-0.3, -0.25) is 15.0 Å². The fourth-order valence-corrected chi connectivity index (χ4v) is 27.4. The van der Waals surface area contributed by atoms with Crippen molar-refractivity contribution in [1.82, 2.24) is 15.0 Å². The van der Waals surface area contributed by atoms with E-state index in [9.17, 15) is 0 Å². The number of morpholine rings is 3. The first-order chi connectivity index (χ1) is 72.3. The molecule has 18 aromatic rings. The monoisotopic (exact) mass is 2210 g/mol. The van der Waals surface area contributed by atoms with E-state index in [2.05, 4.69) is 466 Å². The number of hydrogen-bond donors (Lipinski definition) is 0. The number of benzene rings is 15. The summed E-state index contributed by atoms with van der Waals surface area (Å²) in [5, 5.41) is 23.0. The van der Waals surface area contributed by atoms with Crippen molar-refractivity contribution in [2.75, 3.05) is 93.6 Å². The van der Waals surface area contributed by atoms with Crippen LogP contribution in [-0.4, -0.2) is 111 Å². The Kier molecular flexibility index (Phi) is 41.9. The fraction of sp³-hybridized carbons (Fsp3) is 0.119. The minimum atomic E-state index is -0.446. The van der Waals surface area contributed by atoms with E-state index in [0.717, 1.165) is 163 Å². The smallest absolute Gasteiger partial charge is 0.187 e. The zero-order valence-corrected chi connectivity index (χ0v) is 91.6. The largest absolute Gasteiger partial charge is 0.512 e. The summed E-state index contributed by atoms with van der Waals surface area (Å²) in [6.07, 6.45) is 5.56. The molecule has 3 aromatic heterocycles. The van der Waals surface area contributed by atoms with Crippen molar-refractivity contribution in [2.45, 2.75) is 19.6 Å². The Balaban J connectivity index is 0.000000129. The number of halogens is 1. The van der Waals surface area contributed by atoms with Crippen LogP contribution in [0.2, 0.25) is 0 Å². The van der Waals surface area contributed by atoms with Gasteiger partial charge in [-0.1, -0.05) is 422 Å². The van der Waals surface area contributed by atoms with Gasteiger partial charge >= 0.3 is 0 Å². The quantitative estimate of drug-likeness (QED) is 0.0462. The SMILES string of the molecule is Brc1ccc2c(c1)CN=C2c1ccnc(N2CCOCC2)c1.[C-]#N.[C-]#[N+]c1ccc2c(c1)CN=C2c1ccnc(N2CCOCC2)c1.[C-]#[N+]c1ccc2c(c1)CN=C2c1ccnc(N2CCOCC2)c1.[Pd].[Zn].c1ccc(P(c2ccccc2)c2ccccc2)cc1.c1ccc(P(c2ccccc2)c2ccccc2)cc1.c1ccc(P(c2ccccc2)c2ccccc2)cc1.c1ccc(P(c2ccccc2)c2ccccc2)cc1. The molecule has 0 saturated carbocycles. The number of aliphatic imine (C=N–C) groups is 3. The molecule has 15 nitrogen and oxygen atoms in total. The zero-order chi connectivity index (χ0) is 99.9. The van der Waals surface area contributed by atoms with Crippen LogP contribution in [0, 0.1) is 25.0 Å². The standard InChI is InChI=1S/2C18H16N4O.4C18H15P.C17H16BrN3O.CN.Pd.Zn/c2*1-19-15-2-3-16-14(10-15)12-21-18(16)13-4-5-20-17(11-13)22-6-8-23-9-7-22;4*1-4-10-16(11-5-1)19(17-12-6-2-7-13-17)18-14-8-3-9-15-18;18-14-1-2-15-13(9-14)11-20-17(15)12-3-4-19-16(10-12)21-5-7-22-8-6-21;1-2;;/h2*2-5,10-11H,6-9,12H2;4*1-15H;1-4,9-10H,5-8,11H2;;;/q;;;;;;;-1;;. The summed E-state index contributed by atoms with van der Waals surface area (Å²) in [5.74, 6) is 2.95. The van der Waals surface area contributed by atoms with Crippen LogP contribution in [0.3, 0.4) is 0 Å². The van der Waals surface area contributed by atoms with Gasteiger partial charge in [-0.15, -0.1) is 0 Å². The molecular formula is C126H108BrN12O3P4PdZn-. The van der Waals surface area contributed by atoms with Crippen LogP contribution in [0.25, 0.3) is 9.69 Å². The summed E-state index contributed by atoms with van der Waals surface area (Å²) >= 11 is 3.53. The second-order valence-corrected chi connectivity index (χ2v) is 43.9. The molecule has 6 aliphatic rings. The van der Waals surface area contributed by atoms with Gasteiger partial charge in [-0.05, 0) is 161 Å². The maximum Gasteiger partial charge on any atom is 0.187 e. The van der Waals surface area contributed by atoms with Crippen molar-refractivity contribution in [3.8, 4) is 0 Å². The Bertz CT molecular complexity index is 6420. The van der Waals surface area contributed by atoms with Gasteiger partial charge < -0.3 is 40.7 Å². The molecule has 3 saturated heterocycles. The second kappa shape index (κ2) is 57.4. The van der Waals surface area contributed by atoms with E-state index in [-0.39, 0.29) is 39.9 Å². The topological polar surface area (TPSA) is 146 Å². The molecule has 730 valence electrons. The first kappa shape index (κ1) is 108. The van der Waals surface area contributed by atoms with E-state index < -0.39 is 31.7 Å². The van der Waals surface area contributed by atoms with Gasteiger partial charge in [-0.2, -0.15) is 0 Å². The first-order valence-corrected chi connectivity index (χ1v) is 54.8. The summed E-state index contributed by atoms with van der Waals surface area (Å²) in [5.41, 5.74) is 14.7. The average molecular weight is 2210 g/mol. The van der Waals surface area contributed by atoms with Crippen LogP contribution >= 0.6 is 47.6 Å². The normalized spacial score (nSPS) is 13.2. The van der Waals surface area contributed by atoms with E-state index in [1.54, 1.807) is 0 Å². The zero-order valence-electron chi connectivity index (χ0n) is 81.9. The molecule has 0 unspecified atom stereocenters. The number of anilines is 3. The molecule has 22 heteroatoms. The molecule has 9 heterocycles. The summed E-state index contributed by atoms with van der Waals surface area (Å²) in [6, 6.07) is 160. The molecule has 0 atom stereocenters. The van der Waals surface area contributed by atoms with Crippen LogP contribution in [0.4, 0.5) is 28.8 Å². The summed E-state index contributed by atoms with van der Waals surface area (Å²) in [4.78, 5) is 41.3. The maximum absolute atomic E-state index is 7.13. The number of rotatable bonds is 18. The Labute approximate surface area is 909 Å². The van der Waals surface area contributed by atoms with E-state index in [1.807, 2.05) is 73.2 Å². The van der Waals surface area contributed by atoms with E-state index in [1.165, 1.54) is 74.8 Å². The van der Waals surface area contributed by atoms with Gasteiger partial charge in [0, 0.05) is 136 Å². The van der Waals surface area contributed by atoms with Crippen LogP contribution in [-0.2, 0) is 73.7 Å². The summed E-state index contributed by atoms with van der Waals surface area (Å²) in [6.45, 7) is 30.8. The predicted molar refractivity (Wildman–Crippen MR) is 615 cm³/mol. The first-order valence-electron chi connectivity index (χ1n) is 48.7. The Hall–Kier alpha value is -14.0. The van der Waals surface area contributed by atoms with Crippen LogP contribution in [0.5, 0.6) is 0 Å². The minimum absolute atomic E-state index is 0. The molecule has 148 heavy (non-hydrogen) atoms. The number of hydrogen-bond acceptors (Lipinski definition) is 13. The summed E-state index contributed by atoms with van der Waals surface area (Å²) in [7, 11) is -1.78. The van der Waals surface area contributed by atoms with Crippen molar-refractivity contribution in [1.29, 1.82) is 5.26 Å². The van der Waals surface area contributed by atoms with Gasteiger partial charge in [0.05, 0.1) is 89.6 Å². The van der Waals surface area contributed by atoms with E-state index in [4.69, 9.17) is 44.2 Å². The van der Waals surface area contributed by atoms with E-state index >= 15 is 0 Å². The van der Waals surface area contributed by atoms with Crippen molar-refractivity contribution in [2.24, 2.45) is 15.0 Å². The Morgan fingerprint density at radius 3 is 0.635 bits per heavy atom. The van der Waals surface area contributed by atoms with Crippen molar-refractivity contribution in [3.63, 3.8) is 0 Å². The van der Waals surface area contributed by atoms with Crippen LogP contribution in [0.1, 0.15) is 50.1 Å². The van der Waals surface area contributed by atoms with Crippen LogP contribution in [0.15, 0.2) is 493 Å². The third-order valence-electron chi connectivity index (χ3n) is 24.7. The average Bonchev–Trinajstić information content (AvgIpc) is 1.66.